The monoisotopic (exact) mass is 204 g/mol. The molecule has 1 saturated heterocycles. The van der Waals surface area contributed by atoms with Crippen LogP contribution in [0.4, 0.5) is 0 Å². The van der Waals surface area contributed by atoms with Gasteiger partial charge in [-0.15, -0.1) is 11.6 Å². The molecule has 1 aliphatic heterocycles. The highest BCUT2D eigenvalue weighted by Crippen LogP contribution is 2.35. The molecule has 0 aromatic carbocycles. The van der Waals surface area contributed by atoms with Gasteiger partial charge in [-0.3, -0.25) is 0 Å². The van der Waals surface area contributed by atoms with E-state index in [4.69, 9.17) is 16.3 Å². The van der Waals surface area contributed by atoms with E-state index in [9.17, 15) is 0 Å². The van der Waals surface area contributed by atoms with Crippen molar-refractivity contribution >= 4 is 11.6 Å². The van der Waals surface area contributed by atoms with Crippen molar-refractivity contribution in [3.05, 3.63) is 0 Å². The van der Waals surface area contributed by atoms with Crippen LogP contribution in [-0.4, -0.2) is 17.6 Å². The molecule has 0 amide bonds. The van der Waals surface area contributed by atoms with Gasteiger partial charge in [0.2, 0.25) is 0 Å². The maximum absolute atomic E-state index is 6.27. The van der Waals surface area contributed by atoms with E-state index in [1.807, 2.05) is 0 Å². The molecule has 3 atom stereocenters. The fraction of sp³-hybridized carbons (Fsp3) is 1.00. The zero-order valence-corrected chi connectivity index (χ0v) is 9.73. The predicted molar refractivity (Wildman–Crippen MR) is 57.3 cm³/mol. The van der Waals surface area contributed by atoms with Gasteiger partial charge in [-0.05, 0) is 38.5 Å². The first-order chi connectivity index (χ1) is 6.11. The number of rotatable bonds is 3. The molecule has 0 saturated carbocycles. The van der Waals surface area contributed by atoms with Crippen LogP contribution in [0.2, 0.25) is 0 Å². The minimum atomic E-state index is 0.0885. The molecule has 0 aromatic rings. The van der Waals surface area contributed by atoms with Gasteiger partial charge in [0.1, 0.15) is 0 Å². The molecule has 0 bridgehead atoms. The van der Waals surface area contributed by atoms with Gasteiger partial charge in [0.25, 0.3) is 0 Å². The molecule has 0 radical (unpaired) electrons. The molecule has 0 aliphatic carbocycles. The van der Waals surface area contributed by atoms with Gasteiger partial charge in [-0.25, -0.2) is 0 Å². The van der Waals surface area contributed by atoms with Crippen molar-refractivity contribution in [1.29, 1.82) is 0 Å². The van der Waals surface area contributed by atoms with Gasteiger partial charge in [0.05, 0.1) is 5.60 Å². The molecule has 1 aliphatic rings. The first-order valence-electron chi connectivity index (χ1n) is 5.39. The third-order valence-electron chi connectivity index (χ3n) is 3.28. The lowest BCUT2D eigenvalue weighted by Crippen LogP contribution is -2.39. The molecule has 0 spiro atoms. The van der Waals surface area contributed by atoms with Gasteiger partial charge in [-0.2, -0.15) is 0 Å². The van der Waals surface area contributed by atoms with Gasteiger partial charge in [0, 0.05) is 12.0 Å². The average Bonchev–Trinajstić information content (AvgIpc) is 2.17. The summed E-state index contributed by atoms with van der Waals surface area (Å²) in [5, 5.41) is 0.342. The van der Waals surface area contributed by atoms with E-state index in [0.29, 0.717) is 11.3 Å². The fourth-order valence-corrected chi connectivity index (χ4v) is 2.28. The minimum absolute atomic E-state index is 0.0885. The Labute approximate surface area is 86.8 Å². The molecule has 1 heterocycles. The van der Waals surface area contributed by atoms with E-state index >= 15 is 0 Å². The summed E-state index contributed by atoms with van der Waals surface area (Å²) in [5.74, 6) is 0.658. The Bertz CT molecular complexity index is 160. The number of halogens is 1. The van der Waals surface area contributed by atoms with Gasteiger partial charge < -0.3 is 4.74 Å². The predicted octanol–water partition coefficient (Wildman–Crippen LogP) is 3.60. The second-order valence-corrected chi connectivity index (χ2v) is 4.89. The molecular formula is C11H21ClO. The molecule has 0 aromatic heterocycles. The maximum Gasteiger partial charge on any atom is 0.0655 e. The van der Waals surface area contributed by atoms with Crippen LogP contribution in [0, 0.1) is 5.92 Å². The third-order valence-corrected chi connectivity index (χ3v) is 3.95. The van der Waals surface area contributed by atoms with E-state index in [1.165, 1.54) is 0 Å². The lowest BCUT2D eigenvalue weighted by atomic mass is 9.83. The largest absolute Gasteiger partial charge is 0.375 e. The summed E-state index contributed by atoms with van der Waals surface area (Å²) in [4.78, 5) is 0. The number of ether oxygens (including phenoxy) is 1. The molecule has 2 heteroatoms. The Kier molecular flexibility index (Phi) is 4.06. The van der Waals surface area contributed by atoms with E-state index in [2.05, 4.69) is 20.8 Å². The van der Waals surface area contributed by atoms with E-state index in [0.717, 1.165) is 32.3 Å². The van der Waals surface area contributed by atoms with Gasteiger partial charge >= 0.3 is 0 Å². The van der Waals surface area contributed by atoms with Crippen molar-refractivity contribution in [2.45, 2.75) is 57.4 Å². The van der Waals surface area contributed by atoms with Crippen LogP contribution in [0.15, 0.2) is 0 Å². The number of alkyl halides is 1. The normalized spacial score (nSPS) is 37.4. The van der Waals surface area contributed by atoms with Crippen LogP contribution < -0.4 is 0 Å². The molecule has 1 rings (SSSR count). The van der Waals surface area contributed by atoms with Crippen molar-refractivity contribution < 1.29 is 4.74 Å². The molecule has 1 nitrogen and oxygen atoms in total. The van der Waals surface area contributed by atoms with Crippen LogP contribution in [0.5, 0.6) is 0 Å². The summed E-state index contributed by atoms with van der Waals surface area (Å²) < 4.78 is 5.78. The number of hydrogen-bond donors (Lipinski definition) is 0. The second kappa shape index (κ2) is 4.65. The highest BCUT2D eigenvalue weighted by Gasteiger charge is 2.34. The molecular weight excluding hydrogens is 184 g/mol. The van der Waals surface area contributed by atoms with Crippen LogP contribution in [0.1, 0.15) is 46.5 Å². The first kappa shape index (κ1) is 11.3. The molecule has 1 fully saturated rings. The first-order valence-corrected chi connectivity index (χ1v) is 5.83. The lowest BCUT2D eigenvalue weighted by Gasteiger charge is -2.39. The van der Waals surface area contributed by atoms with Crippen molar-refractivity contribution in [1.82, 2.24) is 0 Å². The smallest absolute Gasteiger partial charge is 0.0655 e. The van der Waals surface area contributed by atoms with Crippen molar-refractivity contribution in [2.24, 2.45) is 5.92 Å². The van der Waals surface area contributed by atoms with Crippen molar-refractivity contribution in [3.63, 3.8) is 0 Å². The van der Waals surface area contributed by atoms with Crippen LogP contribution in [0.3, 0.4) is 0 Å². The molecule has 3 unspecified atom stereocenters. The maximum atomic E-state index is 6.27. The van der Waals surface area contributed by atoms with E-state index < -0.39 is 0 Å². The highest BCUT2D eigenvalue weighted by atomic mass is 35.5. The topological polar surface area (TPSA) is 9.23 Å². The van der Waals surface area contributed by atoms with Gasteiger partial charge in [0.15, 0.2) is 0 Å². The summed E-state index contributed by atoms with van der Waals surface area (Å²) in [6, 6.07) is 0. The summed E-state index contributed by atoms with van der Waals surface area (Å²) in [6.07, 6.45) is 4.44. The summed E-state index contributed by atoms with van der Waals surface area (Å²) in [7, 11) is 0. The van der Waals surface area contributed by atoms with E-state index in [-0.39, 0.29) is 5.60 Å². The van der Waals surface area contributed by atoms with Crippen LogP contribution in [0.25, 0.3) is 0 Å². The Balaban J connectivity index is 2.51. The second-order valence-electron chi connectivity index (χ2n) is 4.33. The SMILES string of the molecule is CCC(Cl)C1CCOC(C)(CC)C1. The van der Waals surface area contributed by atoms with Crippen LogP contribution >= 0.6 is 11.6 Å². The van der Waals surface area contributed by atoms with Crippen LogP contribution in [-0.2, 0) is 4.74 Å². The summed E-state index contributed by atoms with van der Waals surface area (Å²) in [6.45, 7) is 7.45. The zero-order valence-electron chi connectivity index (χ0n) is 8.98. The van der Waals surface area contributed by atoms with Gasteiger partial charge in [-0.1, -0.05) is 13.8 Å². The molecule has 13 heavy (non-hydrogen) atoms. The standard InChI is InChI=1S/C11H21ClO/c1-4-10(12)9-6-7-13-11(3,5-2)8-9/h9-10H,4-8H2,1-3H3. The Morgan fingerprint density at radius 1 is 1.54 bits per heavy atom. The molecule has 0 N–H and O–H groups in total. The molecule has 78 valence electrons. The minimum Gasteiger partial charge on any atom is -0.375 e. The Morgan fingerprint density at radius 2 is 2.23 bits per heavy atom. The summed E-state index contributed by atoms with van der Waals surface area (Å²) >= 11 is 6.27. The number of hydrogen-bond acceptors (Lipinski definition) is 1. The third kappa shape index (κ3) is 2.85. The van der Waals surface area contributed by atoms with Crippen molar-refractivity contribution in [3.8, 4) is 0 Å². The van der Waals surface area contributed by atoms with E-state index in [1.54, 1.807) is 0 Å². The zero-order chi connectivity index (χ0) is 9.90. The Morgan fingerprint density at radius 3 is 2.77 bits per heavy atom. The summed E-state index contributed by atoms with van der Waals surface area (Å²) in [5.41, 5.74) is 0.0885. The fourth-order valence-electron chi connectivity index (χ4n) is 2.06. The van der Waals surface area contributed by atoms with Crippen molar-refractivity contribution in [2.75, 3.05) is 6.61 Å². The lowest BCUT2D eigenvalue weighted by molar-refractivity contribution is -0.0875. The average molecular weight is 205 g/mol. The quantitative estimate of drug-likeness (QED) is 0.639. The highest BCUT2D eigenvalue weighted by molar-refractivity contribution is 6.20. The Hall–Kier alpha value is 0.250.